The summed E-state index contributed by atoms with van der Waals surface area (Å²) in [6.45, 7) is 7.92. The molecule has 0 bridgehead atoms. The lowest BCUT2D eigenvalue weighted by molar-refractivity contribution is -0.139. The number of hydrogen-bond donors (Lipinski definition) is 0. The number of amidine groups is 1. The van der Waals surface area contributed by atoms with Gasteiger partial charge >= 0.3 is 5.97 Å². The molecule has 0 unspecified atom stereocenters. The van der Waals surface area contributed by atoms with E-state index in [1.165, 1.54) is 11.8 Å². The molecular formula is C19H19ClN2O3S. The Morgan fingerprint density at radius 2 is 2.31 bits per heavy atom. The molecule has 0 aliphatic carbocycles. The van der Waals surface area contributed by atoms with Gasteiger partial charge in [0.25, 0.3) is 0 Å². The van der Waals surface area contributed by atoms with Crippen LogP contribution in [0.25, 0.3) is 0 Å². The minimum atomic E-state index is -0.369. The molecule has 1 aromatic carbocycles. The SMILES string of the molecule is C=CCOc1ccc([C@@H]2C(C(=O)OCC)=C(C)N=C3SC=CN32)cc1Cl. The van der Waals surface area contributed by atoms with Crippen LogP contribution in [-0.2, 0) is 9.53 Å². The molecule has 7 heteroatoms. The van der Waals surface area contributed by atoms with Crippen molar-refractivity contribution in [1.29, 1.82) is 0 Å². The van der Waals surface area contributed by atoms with Gasteiger partial charge in [0.05, 0.1) is 28.9 Å². The zero-order chi connectivity index (χ0) is 18.7. The minimum Gasteiger partial charge on any atom is -0.488 e. The van der Waals surface area contributed by atoms with Crippen LogP contribution in [0.2, 0.25) is 5.02 Å². The van der Waals surface area contributed by atoms with Gasteiger partial charge in [-0.15, -0.1) is 0 Å². The molecule has 0 N–H and O–H groups in total. The minimum absolute atomic E-state index is 0.304. The number of carbonyl (C=O) groups is 1. The third kappa shape index (κ3) is 3.52. The van der Waals surface area contributed by atoms with Gasteiger partial charge in [-0.05, 0) is 37.0 Å². The maximum Gasteiger partial charge on any atom is 0.338 e. The average Bonchev–Trinajstić information content (AvgIpc) is 3.07. The fraction of sp³-hybridized carbons (Fsp3) is 0.263. The van der Waals surface area contributed by atoms with Crippen LogP contribution in [0.1, 0.15) is 25.5 Å². The second-order valence-corrected chi connectivity index (χ2v) is 6.90. The van der Waals surface area contributed by atoms with Crippen molar-refractivity contribution in [1.82, 2.24) is 4.90 Å². The Morgan fingerprint density at radius 3 is 3.00 bits per heavy atom. The molecule has 2 heterocycles. The van der Waals surface area contributed by atoms with Crippen molar-refractivity contribution in [3.63, 3.8) is 0 Å². The Kier molecular flexibility index (Phi) is 5.74. The number of ether oxygens (including phenoxy) is 2. The number of esters is 1. The zero-order valence-electron chi connectivity index (χ0n) is 14.6. The first-order valence-electron chi connectivity index (χ1n) is 8.18. The van der Waals surface area contributed by atoms with E-state index in [4.69, 9.17) is 21.1 Å². The summed E-state index contributed by atoms with van der Waals surface area (Å²) in [6, 6.07) is 5.18. The molecule has 5 nitrogen and oxygen atoms in total. The van der Waals surface area contributed by atoms with E-state index in [1.54, 1.807) is 19.1 Å². The Balaban J connectivity index is 2.03. The van der Waals surface area contributed by atoms with Crippen LogP contribution in [0.3, 0.4) is 0 Å². The van der Waals surface area contributed by atoms with Crippen molar-refractivity contribution in [3.05, 3.63) is 64.3 Å². The van der Waals surface area contributed by atoms with E-state index in [-0.39, 0.29) is 12.0 Å². The van der Waals surface area contributed by atoms with E-state index >= 15 is 0 Å². The number of halogens is 1. The molecular weight excluding hydrogens is 372 g/mol. The lowest BCUT2D eigenvalue weighted by Gasteiger charge is -2.33. The van der Waals surface area contributed by atoms with Gasteiger partial charge in [-0.3, -0.25) is 0 Å². The van der Waals surface area contributed by atoms with Crippen LogP contribution in [-0.4, -0.2) is 29.3 Å². The normalized spacial score (nSPS) is 18.5. The average molecular weight is 391 g/mol. The van der Waals surface area contributed by atoms with Crippen LogP contribution < -0.4 is 4.74 Å². The third-order valence-electron chi connectivity index (χ3n) is 3.94. The summed E-state index contributed by atoms with van der Waals surface area (Å²) in [5.74, 6) is 0.205. The van der Waals surface area contributed by atoms with E-state index in [0.29, 0.717) is 35.3 Å². The second-order valence-electron chi connectivity index (χ2n) is 5.62. The fourth-order valence-corrected chi connectivity index (χ4v) is 3.89. The molecule has 1 aromatic rings. The number of nitrogens with zero attached hydrogens (tertiary/aromatic N) is 2. The number of thioether (sulfide) groups is 1. The van der Waals surface area contributed by atoms with Gasteiger partial charge < -0.3 is 14.4 Å². The summed E-state index contributed by atoms with van der Waals surface area (Å²) < 4.78 is 10.8. The van der Waals surface area contributed by atoms with Gasteiger partial charge in [-0.25, -0.2) is 9.79 Å². The first-order chi connectivity index (χ1) is 12.6. The molecule has 26 heavy (non-hydrogen) atoms. The van der Waals surface area contributed by atoms with Crippen molar-refractivity contribution in [2.24, 2.45) is 4.99 Å². The molecule has 3 rings (SSSR count). The predicted octanol–water partition coefficient (Wildman–Crippen LogP) is 4.67. The van der Waals surface area contributed by atoms with Gasteiger partial charge in [0.2, 0.25) is 0 Å². The molecule has 0 amide bonds. The lowest BCUT2D eigenvalue weighted by atomic mass is 9.95. The number of hydrogen-bond acceptors (Lipinski definition) is 6. The Bertz CT molecular complexity index is 832. The highest BCUT2D eigenvalue weighted by Gasteiger charge is 2.37. The summed E-state index contributed by atoms with van der Waals surface area (Å²) in [5.41, 5.74) is 2.03. The van der Waals surface area contributed by atoms with E-state index in [2.05, 4.69) is 11.6 Å². The number of benzene rings is 1. The quantitative estimate of drug-likeness (QED) is 0.521. The fourth-order valence-electron chi connectivity index (χ4n) is 2.85. The number of carbonyl (C=O) groups excluding carboxylic acids is 1. The van der Waals surface area contributed by atoms with Gasteiger partial charge in [0, 0.05) is 6.20 Å². The summed E-state index contributed by atoms with van der Waals surface area (Å²) in [6.07, 6.45) is 3.57. The van der Waals surface area contributed by atoms with E-state index in [9.17, 15) is 4.79 Å². The van der Waals surface area contributed by atoms with Gasteiger partial charge in [0.1, 0.15) is 12.4 Å². The molecule has 0 saturated heterocycles. The van der Waals surface area contributed by atoms with Crippen molar-refractivity contribution in [3.8, 4) is 5.75 Å². The monoisotopic (exact) mass is 390 g/mol. The van der Waals surface area contributed by atoms with E-state index in [1.807, 2.05) is 35.6 Å². The number of rotatable bonds is 6. The first kappa shape index (κ1) is 18.6. The Morgan fingerprint density at radius 1 is 1.50 bits per heavy atom. The molecule has 1 atom stereocenters. The smallest absolute Gasteiger partial charge is 0.338 e. The third-order valence-corrected chi connectivity index (χ3v) is 5.01. The van der Waals surface area contributed by atoms with Gasteiger partial charge in [-0.2, -0.15) is 0 Å². The predicted molar refractivity (Wildman–Crippen MR) is 105 cm³/mol. The van der Waals surface area contributed by atoms with Crippen molar-refractivity contribution < 1.29 is 14.3 Å². The van der Waals surface area contributed by atoms with Gasteiger partial charge in [-0.1, -0.05) is 42.1 Å². The molecule has 136 valence electrons. The maximum absolute atomic E-state index is 12.6. The topological polar surface area (TPSA) is 51.1 Å². The van der Waals surface area contributed by atoms with Crippen molar-refractivity contribution in [2.75, 3.05) is 13.2 Å². The van der Waals surface area contributed by atoms with Crippen LogP contribution >= 0.6 is 23.4 Å². The number of allylic oxidation sites excluding steroid dienone is 1. The standard InChI is InChI=1S/C19H19ClN2O3S/c1-4-9-25-15-7-6-13(11-14(15)20)17-16(18(23)24-5-2)12(3)21-19-22(17)8-10-26-19/h4,6-8,10-11,17H,1,5,9H2,2-3H3/t17-/m1/s1. The Hall–Kier alpha value is -2.18. The van der Waals surface area contributed by atoms with Gasteiger partial charge in [0.15, 0.2) is 5.17 Å². The summed E-state index contributed by atoms with van der Waals surface area (Å²) >= 11 is 7.90. The van der Waals surface area contributed by atoms with Crippen LogP contribution in [0.4, 0.5) is 0 Å². The summed E-state index contributed by atoms with van der Waals surface area (Å²) in [4.78, 5) is 19.1. The first-order valence-corrected chi connectivity index (χ1v) is 9.44. The van der Waals surface area contributed by atoms with E-state index in [0.717, 1.165) is 10.7 Å². The molecule has 0 aromatic heterocycles. The van der Waals surface area contributed by atoms with Crippen LogP contribution in [0, 0.1) is 0 Å². The maximum atomic E-state index is 12.6. The highest BCUT2D eigenvalue weighted by atomic mass is 35.5. The highest BCUT2D eigenvalue weighted by molar-refractivity contribution is 8.16. The van der Waals surface area contributed by atoms with Crippen LogP contribution in [0.5, 0.6) is 5.75 Å². The largest absolute Gasteiger partial charge is 0.488 e. The number of aliphatic imine (C=N–C) groups is 1. The van der Waals surface area contributed by atoms with Crippen molar-refractivity contribution in [2.45, 2.75) is 19.9 Å². The van der Waals surface area contributed by atoms with Crippen molar-refractivity contribution >= 4 is 34.5 Å². The molecule has 0 fully saturated rings. The second kappa shape index (κ2) is 8.01. The Labute approximate surface area is 162 Å². The molecule has 0 saturated carbocycles. The number of fused-ring (bicyclic) bond motifs is 1. The van der Waals surface area contributed by atoms with E-state index < -0.39 is 0 Å². The zero-order valence-corrected chi connectivity index (χ0v) is 16.1. The summed E-state index contributed by atoms with van der Waals surface area (Å²) in [7, 11) is 0. The molecule has 0 spiro atoms. The highest BCUT2D eigenvalue weighted by Crippen LogP contribution is 2.42. The molecule has 2 aliphatic heterocycles. The van der Waals surface area contributed by atoms with Crippen LogP contribution in [0.15, 0.2) is 58.7 Å². The lowest BCUT2D eigenvalue weighted by Crippen LogP contribution is -2.34. The summed E-state index contributed by atoms with van der Waals surface area (Å²) in [5, 5.41) is 3.24. The molecule has 2 aliphatic rings. The molecule has 0 radical (unpaired) electrons.